The average molecular weight is 301 g/mol. The number of hydrogen-bond acceptors (Lipinski definition) is 5. The molecule has 1 heterocycles. The van der Waals surface area contributed by atoms with Gasteiger partial charge in [0.2, 0.25) is 0 Å². The number of ether oxygens (including phenoxy) is 1. The zero-order chi connectivity index (χ0) is 15.9. The van der Waals surface area contributed by atoms with Gasteiger partial charge in [0.1, 0.15) is 5.69 Å². The Balaban J connectivity index is 2.09. The number of H-pyrrole nitrogens is 1. The van der Waals surface area contributed by atoms with Crippen LogP contribution in [0, 0.1) is 0 Å². The first-order valence-corrected chi connectivity index (χ1v) is 6.74. The minimum atomic E-state index is -0.490. The summed E-state index contributed by atoms with van der Waals surface area (Å²) in [6, 6.07) is 8.92. The van der Waals surface area contributed by atoms with Gasteiger partial charge in [-0.1, -0.05) is 13.0 Å². The van der Waals surface area contributed by atoms with Gasteiger partial charge >= 0.3 is 5.97 Å². The molecule has 0 spiro atoms. The fourth-order valence-electron chi connectivity index (χ4n) is 1.67. The average Bonchev–Trinajstić information content (AvgIpc) is 2.53. The topological polar surface area (TPSA) is 101 Å². The number of aromatic amines is 1. The number of benzene rings is 1. The minimum absolute atomic E-state index is 0.0681. The van der Waals surface area contributed by atoms with Crippen LogP contribution < -0.4 is 10.9 Å². The van der Waals surface area contributed by atoms with Gasteiger partial charge in [-0.2, -0.15) is 5.10 Å². The van der Waals surface area contributed by atoms with Crippen LogP contribution >= 0.6 is 0 Å². The third-order valence-corrected chi connectivity index (χ3v) is 2.71. The summed E-state index contributed by atoms with van der Waals surface area (Å²) in [5.74, 6) is -0.935. The number of nitrogens with zero attached hydrogens (tertiary/aromatic N) is 1. The quantitative estimate of drug-likeness (QED) is 0.817. The predicted octanol–water partition coefficient (Wildman–Crippen LogP) is 1.59. The number of hydrogen-bond donors (Lipinski definition) is 2. The van der Waals surface area contributed by atoms with Gasteiger partial charge in [0, 0.05) is 11.8 Å². The number of rotatable bonds is 5. The zero-order valence-electron chi connectivity index (χ0n) is 12.0. The van der Waals surface area contributed by atoms with E-state index in [0.29, 0.717) is 17.9 Å². The normalized spacial score (nSPS) is 10.0. The van der Waals surface area contributed by atoms with Crippen molar-refractivity contribution in [3.8, 4) is 0 Å². The first-order valence-electron chi connectivity index (χ1n) is 6.74. The van der Waals surface area contributed by atoms with Gasteiger partial charge in [-0.25, -0.2) is 9.89 Å². The molecule has 0 aliphatic rings. The smallest absolute Gasteiger partial charge is 0.338 e. The summed E-state index contributed by atoms with van der Waals surface area (Å²) in [6.45, 7) is 2.25. The first-order chi connectivity index (χ1) is 10.6. The standard InChI is InChI=1S/C15H15N3O4/c1-2-8-22-15(21)10-4-3-5-11(9-10)16-14(20)12-6-7-13(19)18-17-12/h3-7,9H,2,8H2,1H3,(H,16,20)(H,18,19). The van der Waals surface area contributed by atoms with E-state index in [1.807, 2.05) is 6.92 Å². The van der Waals surface area contributed by atoms with Crippen molar-refractivity contribution in [3.05, 3.63) is 58.0 Å². The van der Waals surface area contributed by atoms with E-state index in [1.54, 1.807) is 18.2 Å². The maximum absolute atomic E-state index is 12.0. The highest BCUT2D eigenvalue weighted by Gasteiger charge is 2.11. The third-order valence-electron chi connectivity index (χ3n) is 2.71. The molecule has 0 atom stereocenters. The maximum Gasteiger partial charge on any atom is 0.338 e. The van der Waals surface area contributed by atoms with E-state index < -0.39 is 17.4 Å². The van der Waals surface area contributed by atoms with Crippen molar-refractivity contribution >= 4 is 17.6 Å². The second-order valence-corrected chi connectivity index (χ2v) is 4.48. The Bertz CT molecular complexity index is 719. The fourth-order valence-corrected chi connectivity index (χ4v) is 1.67. The minimum Gasteiger partial charge on any atom is -0.462 e. The van der Waals surface area contributed by atoms with Crippen LogP contribution in [0.1, 0.15) is 34.2 Å². The summed E-state index contributed by atoms with van der Waals surface area (Å²) in [6.07, 6.45) is 0.736. The molecule has 2 aromatic rings. The van der Waals surface area contributed by atoms with Crippen LogP contribution in [0.2, 0.25) is 0 Å². The van der Waals surface area contributed by atoms with Crippen molar-refractivity contribution in [3.63, 3.8) is 0 Å². The van der Waals surface area contributed by atoms with E-state index in [4.69, 9.17) is 4.74 Å². The Morgan fingerprint density at radius 1 is 1.27 bits per heavy atom. The molecule has 0 bridgehead atoms. The second kappa shape index (κ2) is 7.16. The summed E-state index contributed by atoms with van der Waals surface area (Å²) < 4.78 is 5.03. The van der Waals surface area contributed by atoms with Crippen molar-refractivity contribution in [1.29, 1.82) is 0 Å². The Hall–Kier alpha value is -2.96. The molecule has 2 N–H and O–H groups in total. The number of anilines is 1. The van der Waals surface area contributed by atoms with E-state index >= 15 is 0 Å². The van der Waals surface area contributed by atoms with E-state index in [9.17, 15) is 14.4 Å². The van der Waals surface area contributed by atoms with Crippen molar-refractivity contribution in [2.75, 3.05) is 11.9 Å². The predicted molar refractivity (Wildman–Crippen MR) is 79.8 cm³/mol. The highest BCUT2D eigenvalue weighted by Crippen LogP contribution is 2.12. The van der Waals surface area contributed by atoms with Gasteiger partial charge in [0.15, 0.2) is 0 Å². The molecule has 0 fully saturated rings. The number of carbonyl (C=O) groups is 2. The monoisotopic (exact) mass is 301 g/mol. The van der Waals surface area contributed by atoms with Crippen LogP contribution in [0.15, 0.2) is 41.2 Å². The van der Waals surface area contributed by atoms with Crippen molar-refractivity contribution in [1.82, 2.24) is 10.2 Å². The van der Waals surface area contributed by atoms with Crippen molar-refractivity contribution < 1.29 is 14.3 Å². The number of carbonyl (C=O) groups excluding carboxylic acids is 2. The highest BCUT2D eigenvalue weighted by atomic mass is 16.5. The lowest BCUT2D eigenvalue weighted by atomic mass is 10.2. The summed E-state index contributed by atoms with van der Waals surface area (Å²) in [5, 5.41) is 8.41. The Morgan fingerprint density at radius 3 is 2.77 bits per heavy atom. The number of nitrogens with one attached hydrogen (secondary N) is 2. The second-order valence-electron chi connectivity index (χ2n) is 4.48. The summed E-state index contributed by atoms with van der Waals surface area (Å²) in [4.78, 5) is 34.6. The summed E-state index contributed by atoms with van der Waals surface area (Å²) in [5.41, 5.74) is 0.459. The number of esters is 1. The molecule has 1 aromatic carbocycles. The number of amides is 1. The van der Waals surface area contributed by atoms with Gasteiger partial charge in [-0.3, -0.25) is 9.59 Å². The number of aromatic nitrogens is 2. The van der Waals surface area contributed by atoms with Crippen LogP contribution in [0.4, 0.5) is 5.69 Å². The summed E-state index contributed by atoms with van der Waals surface area (Å²) in [7, 11) is 0. The lowest BCUT2D eigenvalue weighted by molar-refractivity contribution is 0.0505. The lowest BCUT2D eigenvalue weighted by Gasteiger charge is -2.07. The molecule has 0 aliphatic heterocycles. The molecule has 0 radical (unpaired) electrons. The SMILES string of the molecule is CCCOC(=O)c1cccc(NC(=O)c2ccc(=O)[nH]n2)c1. The molecule has 114 valence electrons. The molecule has 0 aliphatic carbocycles. The molecular weight excluding hydrogens is 286 g/mol. The van der Waals surface area contributed by atoms with Crippen LogP contribution in [0.5, 0.6) is 0 Å². The van der Waals surface area contributed by atoms with E-state index in [1.165, 1.54) is 18.2 Å². The first kappa shape index (κ1) is 15.4. The molecule has 7 nitrogen and oxygen atoms in total. The Kier molecular flexibility index (Phi) is 5.02. The van der Waals surface area contributed by atoms with Crippen LogP contribution in [0.25, 0.3) is 0 Å². The molecule has 1 aromatic heterocycles. The Morgan fingerprint density at radius 2 is 2.09 bits per heavy atom. The maximum atomic E-state index is 12.0. The molecular formula is C15H15N3O4. The lowest BCUT2D eigenvalue weighted by Crippen LogP contribution is -2.17. The zero-order valence-corrected chi connectivity index (χ0v) is 12.0. The molecule has 0 unspecified atom stereocenters. The molecule has 1 amide bonds. The van der Waals surface area contributed by atoms with E-state index in [2.05, 4.69) is 15.5 Å². The molecule has 0 saturated heterocycles. The summed E-state index contributed by atoms with van der Waals surface area (Å²) >= 11 is 0. The molecule has 7 heteroatoms. The van der Waals surface area contributed by atoms with Gasteiger partial charge in [-0.05, 0) is 30.7 Å². The molecule has 22 heavy (non-hydrogen) atoms. The van der Waals surface area contributed by atoms with Gasteiger partial charge in [0.25, 0.3) is 11.5 Å². The van der Waals surface area contributed by atoms with Gasteiger partial charge in [-0.15, -0.1) is 0 Å². The van der Waals surface area contributed by atoms with Crippen LogP contribution in [-0.2, 0) is 4.74 Å². The molecule has 2 rings (SSSR count). The molecule has 0 saturated carbocycles. The van der Waals surface area contributed by atoms with Crippen LogP contribution in [0.3, 0.4) is 0 Å². The van der Waals surface area contributed by atoms with Gasteiger partial charge < -0.3 is 10.1 Å². The third kappa shape index (κ3) is 4.02. The van der Waals surface area contributed by atoms with Crippen LogP contribution in [-0.4, -0.2) is 28.7 Å². The highest BCUT2D eigenvalue weighted by molar-refractivity contribution is 6.03. The van der Waals surface area contributed by atoms with E-state index in [-0.39, 0.29) is 5.69 Å². The van der Waals surface area contributed by atoms with Crippen molar-refractivity contribution in [2.45, 2.75) is 13.3 Å². The van der Waals surface area contributed by atoms with Gasteiger partial charge in [0.05, 0.1) is 12.2 Å². The Labute approximate surface area is 126 Å². The largest absolute Gasteiger partial charge is 0.462 e. The van der Waals surface area contributed by atoms with Crippen molar-refractivity contribution in [2.24, 2.45) is 0 Å². The van der Waals surface area contributed by atoms with E-state index in [0.717, 1.165) is 6.42 Å². The fraction of sp³-hybridized carbons (Fsp3) is 0.200.